The molecule has 0 saturated heterocycles. The number of nitrogens with zero attached hydrogens (tertiary/aromatic N) is 2. The summed E-state index contributed by atoms with van der Waals surface area (Å²) in [5.74, 6) is 0.644. The lowest BCUT2D eigenvalue weighted by molar-refractivity contribution is 0.458. The molecule has 0 aliphatic rings. The minimum atomic E-state index is 0.644. The standard InChI is InChI=1S/C11H19N3S/c1-4-14(5-2)11(12)13-7-10-6-9(3)8-15-10/h6,8H,4-5,7H2,1-3H3,(H2,12,13). The Balaban J connectivity index is 2.56. The van der Waals surface area contributed by atoms with Crippen molar-refractivity contribution in [2.45, 2.75) is 27.3 Å². The topological polar surface area (TPSA) is 41.6 Å². The Kier molecular flexibility index (Phi) is 4.62. The largest absolute Gasteiger partial charge is 0.370 e. The van der Waals surface area contributed by atoms with Crippen molar-refractivity contribution >= 4 is 17.3 Å². The zero-order valence-electron chi connectivity index (χ0n) is 9.66. The summed E-state index contributed by atoms with van der Waals surface area (Å²) in [7, 11) is 0. The summed E-state index contributed by atoms with van der Waals surface area (Å²) in [6, 6.07) is 2.16. The molecule has 1 aromatic heterocycles. The van der Waals surface area contributed by atoms with Crippen molar-refractivity contribution in [2.75, 3.05) is 13.1 Å². The van der Waals surface area contributed by atoms with Gasteiger partial charge >= 0.3 is 0 Å². The highest BCUT2D eigenvalue weighted by molar-refractivity contribution is 7.10. The monoisotopic (exact) mass is 225 g/mol. The summed E-state index contributed by atoms with van der Waals surface area (Å²) >= 11 is 1.74. The molecule has 4 heteroatoms. The third-order valence-corrected chi connectivity index (χ3v) is 3.31. The zero-order valence-corrected chi connectivity index (χ0v) is 10.5. The van der Waals surface area contributed by atoms with Crippen LogP contribution in [0.2, 0.25) is 0 Å². The van der Waals surface area contributed by atoms with Crippen LogP contribution in [0.5, 0.6) is 0 Å². The Bertz CT molecular complexity index is 326. The Morgan fingerprint density at radius 3 is 2.60 bits per heavy atom. The van der Waals surface area contributed by atoms with Gasteiger partial charge in [-0.2, -0.15) is 0 Å². The van der Waals surface area contributed by atoms with Crippen molar-refractivity contribution in [1.82, 2.24) is 4.90 Å². The number of hydrogen-bond acceptors (Lipinski definition) is 2. The molecule has 0 spiro atoms. The number of hydrogen-bond donors (Lipinski definition) is 1. The molecular weight excluding hydrogens is 206 g/mol. The highest BCUT2D eigenvalue weighted by Gasteiger charge is 2.02. The third-order valence-electron chi connectivity index (χ3n) is 2.27. The molecule has 0 fully saturated rings. The van der Waals surface area contributed by atoms with E-state index >= 15 is 0 Å². The van der Waals surface area contributed by atoms with Crippen molar-refractivity contribution in [3.63, 3.8) is 0 Å². The van der Waals surface area contributed by atoms with Gasteiger partial charge in [0.15, 0.2) is 5.96 Å². The SMILES string of the molecule is CCN(CC)C(N)=NCc1cc(C)cs1. The summed E-state index contributed by atoms with van der Waals surface area (Å²) in [5, 5.41) is 2.14. The number of rotatable bonds is 4. The average Bonchev–Trinajstić information content (AvgIpc) is 2.63. The zero-order chi connectivity index (χ0) is 11.3. The van der Waals surface area contributed by atoms with E-state index in [0.717, 1.165) is 13.1 Å². The Morgan fingerprint density at radius 2 is 2.13 bits per heavy atom. The van der Waals surface area contributed by atoms with E-state index in [1.165, 1.54) is 10.4 Å². The van der Waals surface area contributed by atoms with Crippen LogP contribution in [0.15, 0.2) is 16.4 Å². The molecule has 0 aliphatic heterocycles. The van der Waals surface area contributed by atoms with Gasteiger partial charge in [0.2, 0.25) is 0 Å². The molecule has 0 amide bonds. The van der Waals surface area contributed by atoms with Gasteiger partial charge in [-0.1, -0.05) is 0 Å². The predicted molar refractivity (Wildman–Crippen MR) is 67.3 cm³/mol. The third kappa shape index (κ3) is 3.55. The fourth-order valence-corrected chi connectivity index (χ4v) is 2.18. The van der Waals surface area contributed by atoms with Crippen LogP contribution in [0.4, 0.5) is 0 Å². The Morgan fingerprint density at radius 1 is 1.47 bits per heavy atom. The van der Waals surface area contributed by atoms with Gasteiger partial charge in [-0.3, -0.25) is 0 Å². The second kappa shape index (κ2) is 5.75. The van der Waals surface area contributed by atoms with Crippen LogP contribution in [0.1, 0.15) is 24.3 Å². The fourth-order valence-electron chi connectivity index (χ4n) is 1.38. The van der Waals surface area contributed by atoms with Gasteiger partial charge in [0, 0.05) is 18.0 Å². The first-order valence-corrected chi connectivity index (χ1v) is 6.14. The summed E-state index contributed by atoms with van der Waals surface area (Å²) < 4.78 is 0. The molecule has 0 bridgehead atoms. The van der Waals surface area contributed by atoms with Crippen molar-refractivity contribution in [3.8, 4) is 0 Å². The number of aryl methyl sites for hydroxylation is 1. The van der Waals surface area contributed by atoms with Gasteiger partial charge < -0.3 is 10.6 Å². The van der Waals surface area contributed by atoms with Crippen LogP contribution in [-0.2, 0) is 6.54 Å². The number of guanidine groups is 1. The van der Waals surface area contributed by atoms with Crippen LogP contribution in [-0.4, -0.2) is 23.9 Å². The van der Waals surface area contributed by atoms with Gasteiger partial charge in [-0.05, 0) is 37.8 Å². The molecule has 1 heterocycles. The highest BCUT2D eigenvalue weighted by Crippen LogP contribution is 2.14. The molecule has 0 saturated carbocycles. The second-order valence-corrected chi connectivity index (χ2v) is 4.43. The second-order valence-electron chi connectivity index (χ2n) is 3.44. The van der Waals surface area contributed by atoms with E-state index in [2.05, 4.69) is 42.1 Å². The normalized spacial score (nSPS) is 11.8. The number of aliphatic imine (C=N–C) groups is 1. The van der Waals surface area contributed by atoms with Crippen LogP contribution < -0.4 is 5.73 Å². The van der Waals surface area contributed by atoms with Crippen LogP contribution in [0, 0.1) is 6.92 Å². The predicted octanol–water partition coefficient (Wildman–Crippen LogP) is 2.21. The van der Waals surface area contributed by atoms with E-state index in [1.54, 1.807) is 11.3 Å². The maximum Gasteiger partial charge on any atom is 0.191 e. The number of thiophene rings is 1. The van der Waals surface area contributed by atoms with Gasteiger partial charge in [-0.15, -0.1) is 11.3 Å². The van der Waals surface area contributed by atoms with Crippen molar-refractivity contribution in [2.24, 2.45) is 10.7 Å². The molecule has 15 heavy (non-hydrogen) atoms. The molecular formula is C11H19N3S. The molecule has 1 rings (SSSR count). The summed E-state index contributed by atoms with van der Waals surface area (Å²) in [5.41, 5.74) is 7.17. The average molecular weight is 225 g/mol. The number of nitrogens with two attached hydrogens (primary N) is 1. The molecule has 0 unspecified atom stereocenters. The smallest absolute Gasteiger partial charge is 0.191 e. The van der Waals surface area contributed by atoms with Crippen molar-refractivity contribution in [3.05, 3.63) is 21.9 Å². The fraction of sp³-hybridized carbons (Fsp3) is 0.545. The van der Waals surface area contributed by atoms with Crippen LogP contribution >= 0.6 is 11.3 Å². The summed E-state index contributed by atoms with van der Waals surface area (Å²) in [6.07, 6.45) is 0. The Labute approximate surface area is 95.6 Å². The van der Waals surface area contributed by atoms with Gasteiger partial charge in [-0.25, -0.2) is 4.99 Å². The lowest BCUT2D eigenvalue weighted by atomic mass is 10.3. The minimum Gasteiger partial charge on any atom is -0.370 e. The maximum atomic E-state index is 5.87. The van der Waals surface area contributed by atoms with E-state index < -0.39 is 0 Å². The van der Waals surface area contributed by atoms with Crippen molar-refractivity contribution < 1.29 is 0 Å². The van der Waals surface area contributed by atoms with Crippen molar-refractivity contribution in [1.29, 1.82) is 0 Å². The first-order valence-electron chi connectivity index (χ1n) is 5.26. The lowest BCUT2D eigenvalue weighted by Crippen LogP contribution is -2.36. The van der Waals surface area contributed by atoms with E-state index in [0.29, 0.717) is 12.5 Å². The molecule has 3 nitrogen and oxygen atoms in total. The van der Waals surface area contributed by atoms with E-state index in [-0.39, 0.29) is 0 Å². The molecule has 0 atom stereocenters. The quantitative estimate of drug-likeness (QED) is 0.630. The van der Waals surface area contributed by atoms with Gasteiger partial charge in [0.05, 0.1) is 6.54 Å². The summed E-state index contributed by atoms with van der Waals surface area (Å²) in [6.45, 7) is 8.78. The van der Waals surface area contributed by atoms with Crippen LogP contribution in [0.25, 0.3) is 0 Å². The highest BCUT2D eigenvalue weighted by atomic mass is 32.1. The van der Waals surface area contributed by atoms with Gasteiger partial charge in [0.25, 0.3) is 0 Å². The Hall–Kier alpha value is -1.03. The molecule has 0 aromatic carbocycles. The van der Waals surface area contributed by atoms with E-state index in [1.807, 2.05) is 0 Å². The summed E-state index contributed by atoms with van der Waals surface area (Å²) in [4.78, 5) is 7.70. The first-order chi connectivity index (χ1) is 7.17. The minimum absolute atomic E-state index is 0.644. The first kappa shape index (κ1) is 12.0. The molecule has 2 N–H and O–H groups in total. The molecule has 84 valence electrons. The molecule has 1 aromatic rings. The molecule has 0 aliphatic carbocycles. The lowest BCUT2D eigenvalue weighted by Gasteiger charge is -2.19. The van der Waals surface area contributed by atoms with E-state index in [4.69, 9.17) is 5.73 Å². The van der Waals surface area contributed by atoms with Gasteiger partial charge in [0.1, 0.15) is 0 Å². The van der Waals surface area contributed by atoms with E-state index in [9.17, 15) is 0 Å². The van der Waals surface area contributed by atoms with Crippen LogP contribution in [0.3, 0.4) is 0 Å². The maximum absolute atomic E-state index is 5.87. The molecule has 0 radical (unpaired) electrons.